The van der Waals surface area contributed by atoms with Gasteiger partial charge in [0.05, 0.1) is 0 Å². The molecule has 1 aliphatic heterocycles. The fourth-order valence-electron chi connectivity index (χ4n) is 2.69. The molecule has 2 heteroatoms. The molecule has 0 aromatic heterocycles. The van der Waals surface area contributed by atoms with Crippen LogP contribution in [0.25, 0.3) is 0 Å². The van der Waals surface area contributed by atoms with Gasteiger partial charge in [0, 0.05) is 18.8 Å². The van der Waals surface area contributed by atoms with Gasteiger partial charge in [0.1, 0.15) is 0 Å². The Labute approximate surface area is 111 Å². The van der Waals surface area contributed by atoms with Crippen molar-refractivity contribution in [3.05, 3.63) is 29.8 Å². The molecule has 0 radical (unpaired) electrons. The molecule has 0 saturated carbocycles. The van der Waals surface area contributed by atoms with Crippen molar-refractivity contribution in [2.24, 2.45) is 5.92 Å². The topological polar surface area (TPSA) is 15.3 Å². The molecule has 0 amide bonds. The monoisotopic (exact) mass is 246 g/mol. The smallest absolute Gasteiger partial charge is 0.0340 e. The molecule has 1 aliphatic rings. The summed E-state index contributed by atoms with van der Waals surface area (Å²) in [4.78, 5) is 2.44. The first-order chi connectivity index (χ1) is 8.65. The normalized spacial score (nSPS) is 21.2. The molecule has 1 aromatic carbocycles. The van der Waals surface area contributed by atoms with Crippen LogP contribution >= 0.6 is 0 Å². The van der Waals surface area contributed by atoms with Crippen LogP contribution in [0.4, 0.5) is 5.69 Å². The van der Waals surface area contributed by atoms with Crippen molar-refractivity contribution < 1.29 is 0 Å². The minimum Gasteiger partial charge on any atom is -0.385 e. The standard InChI is InChI=1S/C16H26N2/c1-13(2)15-6-8-16(9-7-15)17-11-14-5-4-10-18(3)12-14/h6-9,13-14,17H,4-5,10-12H2,1-3H3. The average molecular weight is 246 g/mol. The van der Waals surface area contributed by atoms with Crippen LogP contribution in [0, 0.1) is 5.92 Å². The van der Waals surface area contributed by atoms with E-state index in [0.29, 0.717) is 5.92 Å². The van der Waals surface area contributed by atoms with E-state index < -0.39 is 0 Å². The molecule has 1 saturated heterocycles. The molecular weight excluding hydrogens is 220 g/mol. The lowest BCUT2D eigenvalue weighted by molar-refractivity contribution is 0.217. The van der Waals surface area contributed by atoms with E-state index in [1.54, 1.807) is 0 Å². The van der Waals surface area contributed by atoms with Crippen molar-refractivity contribution in [3.8, 4) is 0 Å². The molecule has 0 bridgehead atoms. The fourth-order valence-corrected chi connectivity index (χ4v) is 2.69. The summed E-state index contributed by atoms with van der Waals surface area (Å²) in [6.07, 6.45) is 2.70. The lowest BCUT2D eigenvalue weighted by Crippen LogP contribution is -2.35. The van der Waals surface area contributed by atoms with Crippen molar-refractivity contribution in [1.29, 1.82) is 0 Å². The van der Waals surface area contributed by atoms with E-state index in [1.807, 2.05) is 0 Å². The molecule has 2 rings (SSSR count). The van der Waals surface area contributed by atoms with E-state index in [9.17, 15) is 0 Å². The van der Waals surface area contributed by atoms with Gasteiger partial charge in [-0.05, 0) is 56.0 Å². The van der Waals surface area contributed by atoms with Gasteiger partial charge in [-0.15, -0.1) is 0 Å². The molecule has 1 heterocycles. The van der Waals surface area contributed by atoms with Gasteiger partial charge in [-0.3, -0.25) is 0 Å². The van der Waals surface area contributed by atoms with Crippen LogP contribution in [0.15, 0.2) is 24.3 Å². The zero-order valence-electron chi connectivity index (χ0n) is 11.9. The second kappa shape index (κ2) is 6.24. The van der Waals surface area contributed by atoms with Crippen LogP contribution in [0.3, 0.4) is 0 Å². The Balaban J connectivity index is 1.82. The predicted octanol–water partition coefficient (Wildman–Crippen LogP) is 3.56. The zero-order chi connectivity index (χ0) is 13.0. The highest BCUT2D eigenvalue weighted by molar-refractivity contribution is 5.45. The summed E-state index contributed by atoms with van der Waals surface area (Å²) in [6, 6.07) is 8.89. The Kier molecular flexibility index (Phi) is 4.65. The number of benzene rings is 1. The van der Waals surface area contributed by atoms with Crippen LogP contribution < -0.4 is 5.32 Å². The second-order valence-corrected chi connectivity index (χ2v) is 5.93. The quantitative estimate of drug-likeness (QED) is 0.874. The van der Waals surface area contributed by atoms with Gasteiger partial charge in [0.15, 0.2) is 0 Å². The Morgan fingerprint density at radius 2 is 2.00 bits per heavy atom. The molecule has 1 fully saturated rings. The van der Waals surface area contributed by atoms with E-state index >= 15 is 0 Å². The molecule has 2 nitrogen and oxygen atoms in total. The van der Waals surface area contributed by atoms with E-state index in [2.05, 4.69) is 55.4 Å². The van der Waals surface area contributed by atoms with E-state index in [1.165, 1.54) is 37.2 Å². The highest BCUT2D eigenvalue weighted by Crippen LogP contribution is 2.19. The summed E-state index contributed by atoms with van der Waals surface area (Å²) in [5.41, 5.74) is 2.67. The zero-order valence-corrected chi connectivity index (χ0v) is 11.9. The molecule has 1 N–H and O–H groups in total. The van der Waals surface area contributed by atoms with E-state index in [4.69, 9.17) is 0 Å². The first-order valence-corrected chi connectivity index (χ1v) is 7.17. The van der Waals surface area contributed by atoms with Gasteiger partial charge in [-0.25, -0.2) is 0 Å². The number of hydrogen-bond acceptors (Lipinski definition) is 2. The molecule has 1 unspecified atom stereocenters. The predicted molar refractivity (Wildman–Crippen MR) is 79.2 cm³/mol. The molecule has 0 aliphatic carbocycles. The summed E-state index contributed by atoms with van der Waals surface area (Å²) < 4.78 is 0. The number of nitrogens with one attached hydrogen (secondary N) is 1. The molecule has 0 spiro atoms. The summed E-state index contributed by atoms with van der Waals surface area (Å²) in [5.74, 6) is 1.42. The van der Waals surface area contributed by atoms with Crippen LogP contribution in [-0.2, 0) is 0 Å². The average Bonchev–Trinajstić information content (AvgIpc) is 2.37. The molecule has 1 atom stereocenters. The number of hydrogen-bond donors (Lipinski definition) is 1. The van der Waals surface area contributed by atoms with Gasteiger partial charge in [0.2, 0.25) is 0 Å². The van der Waals surface area contributed by atoms with E-state index in [0.717, 1.165) is 12.5 Å². The van der Waals surface area contributed by atoms with Crippen molar-refractivity contribution in [2.45, 2.75) is 32.6 Å². The maximum absolute atomic E-state index is 3.57. The van der Waals surface area contributed by atoms with Gasteiger partial charge in [-0.2, -0.15) is 0 Å². The molecule has 1 aromatic rings. The van der Waals surface area contributed by atoms with E-state index in [-0.39, 0.29) is 0 Å². The van der Waals surface area contributed by atoms with Gasteiger partial charge >= 0.3 is 0 Å². The van der Waals surface area contributed by atoms with Crippen LogP contribution in [0.1, 0.15) is 38.2 Å². The number of anilines is 1. The minimum absolute atomic E-state index is 0.617. The van der Waals surface area contributed by atoms with Crippen LogP contribution in [0.5, 0.6) is 0 Å². The summed E-state index contributed by atoms with van der Waals surface area (Å²) in [5, 5.41) is 3.57. The largest absolute Gasteiger partial charge is 0.385 e. The highest BCUT2D eigenvalue weighted by atomic mass is 15.1. The van der Waals surface area contributed by atoms with Crippen molar-refractivity contribution in [2.75, 3.05) is 32.0 Å². The number of rotatable bonds is 4. The Bertz CT molecular complexity index is 356. The van der Waals surface area contributed by atoms with Gasteiger partial charge in [-0.1, -0.05) is 26.0 Å². The Hall–Kier alpha value is -1.02. The first kappa shape index (κ1) is 13.4. The molecule has 100 valence electrons. The number of nitrogens with zero attached hydrogens (tertiary/aromatic N) is 1. The van der Waals surface area contributed by atoms with Gasteiger partial charge < -0.3 is 10.2 Å². The van der Waals surface area contributed by atoms with Crippen LogP contribution in [0.2, 0.25) is 0 Å². The summed E-state index contributed by atoms with van der Waals surface area (Å²) in [7, 11) is 2.23. The second-order valence-electron chi connectivity index (χ2n) is 5.93. The minimum atomic E-state index is 0.617. The lowest BCUT2D eigenvalue weighted by Gasteiger charge is -2.30. The van der Waals surface area contributed by atoms with Crippen molar-refractivity contribution >= 4 is 5.69 Å². The Morgan fingerprint density at radius 3 is 2.61 bits per heavy atom. The number of likely N-dealkylation sites (tertiary alicyclic amines) is 1. The summed E-state index contributed by atoms with van der Waals surface area (Å²) >= 11 is 0. The van der Waals surface area contributed by atoms with Gasteiger partial charge in [0.25, 0.3) is 0 Å². The molecular formula is C16H26N2. The third kappa shape index (κ3) is 3.74. The third-order valence-electron chi connectivity index (χ3n) is 3.89. The summed E-state index contributed by atoms with van der Waals surface area (Å²) in [6.45, 7) is 8.07. The fraction of sp³-hybridized carbons (Fsp3) is 0.625. The SMILES string of the molecule is CC(C)c1ccc(NCC2CCCN(C)C2)cc1. The highest BCUT2D eigenvalue weighted by Gasteiger charge is 2.16. The number of piperidine rings is 1. The van der Waals surface area contributed by atoms with Crippen molar-refractivity contribution in [3.63, 3.8) is 0 Å². The first-order valence-electron chi connectivity index (χ1n) is 7.17. The Morgan fingerprint density at radius 1 is 1.28 bits per heavy atom. The van der Waals surface area contributed by atoms with Crippen LogP contribution in [-0.4, -0.2) is 31.6 Å². The molecule has 18 heavy (non-hydrogen) atoms. The maximum Gasteiger partial charge on any atom is 0.0340 e. The maximum atomic E-state index is 3.57. The third-order valence-corrected chi connectivity index (χ3v) is 3.89. The lowest BCUT2D eigenvalue weighted by atomic mass is 9.98. The van der Waals surface area contributed by atoms with Crippen molar-refractivity contribution in [1.82, 2.24) is 4.90 Å².